The molecule has 0 N–H and O–H groups in total. The van der Waals surface area contributed by atoms with Crippen LogP contribution in [0.25, 0.3) is 10.6 Å². The molecule has 3 aromatic heterocycles. The molecule has 142 valence electrons. The van der Waals surface area contributed by atoms with E-state index in [9.17, 15) is 8.42 Å². The average molecular weight is 411 g/mol. The van der Waals surface area contributed by atoms with E-state index in [4.69, 9.17) is 0 Å². The van der Waals surface area contributed by atoms with Crippen LogP contribution in [0.2, 0.25) is 0 Å². The molecule has 0 fully saturated rings. The van der Waals surface area contributed by atoms with Crippen LogP contribution < -0.4 is 4.31 Å². The third-order valence-electron chi connectivity index (χ3n) is 4.19. The van der Waals surface area contributed by atoms with Gasteiger partial charge in [-0.15, -0.1) is 11.3 Å². The van der Waals surface area contributed by atoms with Gasteiger partial charge in [0.05, 0.1) is 11.4 Å². The summed E-state index contributed by atoms with van der Waals surface area (Å²) in [6, 6.07) is 18.5. The van der Waals surface area contributed by atoms with Crippen molar-refractivity contribution in [1.82, 2.24) is 14.8 Å². The molecule has 0 spiro atoms. The number of pyridine rings is 1. The number of thiophene rings is 1. The third-order valence-corrected chi connectivity index (χ3v) is 6.82. The molecule has 0 saturated heterocycles. The van der Waals surface area contributed by atoms with Gasteiger partial charge in [-0.25, -0.2) is 17.7 Å². The Morgan fingerprint density at radius 3 is 2.50 bits per heavy atom. The Hall–Kier alpha value is -2.97. The number of sulfonamides is 1. The Balaban J connectivity index is 1.84. The summed E-state index contributed by atoms with van der Waals surface area (Å²) in [5.41, 5.74) is 1.32. The monoisotopic (exact) mass is 410 g/mol. The molecule has 0 bridgehead atoms. The quantitative estimate of drug-likeness (QED) is 0.483. The maximum Gasteiger partial charge on any atom is 0.269 e. The lowest BCUT2D eigenvalue weighted by molar-refractivity contribution is 0.590. The molecule has 0 aliphatic carbocycles. The maximum absolute atomic E-state index is 13.7. The van der Waals surface area contributed by atoms with Crippen molar-refractivity contribution >= 4 is 27.2 Å². The molecule has 0 radical (unpaired) electrons. The van der Waals surface area contributed by atoms with Gasteiger partial charge in [-0.1, -0.05) is 42.5 Å². The van der Waals surface area contributed by atoms with E-state index in [1.165, 1.54) is 20.3 Å². The largest absolute Gasteiger partial charge is 0.274 e. The normalized spacial score (nSPS) is 11.5. The van der Waals surface area contributed by atoms with Gasteiger partial charge in [-0.05, 0) is 29.1 Å². The van der Waals surface area contributed by atoms with Gasteiger partial charge in [0.15, 0.2) is 0 Å². The standard InChI is InChI=1S/C20H18N4O2S2/c1-23-15-18(20(22-23)17-10-7-13-27-17)28(25,26)24(19-11-5-6-12-21-19)14-16-8-3-2-4-9-16/h2-13,15H,14H2,1H3. The minimum Gasteiger partial charge on any atom is -0.274 e. The van der Waals surface area contributed by atoms with E-state index < -0.39 is 10.0 Å². The number of aryl methyl sites for hydroxylation is 1. The summed E-state index contributed by atoms with van der Waals surface area (Å²) in [4.78, 5) is 5.26. The first-order valence-electron chi connectivity index (χ1n) is 8.61. The summed E-state index contributed by atoms with van der Waals surface area (Å²) in [5, 5.41) is 6.31. The fourth-order valence-corrected chi connectivity index (χ4v) is 5.28. The highest BCUT2D eigenvalue weighted by atomic mass is 32.2. The minimum absolute atomic E-state index is 0.166. The number of aromatic nitrogens is 3. The van der Waals surface area contributed by atoms with Crippen molar-refractivity contribution in [2.24, 2.45) is 7.05 Å². The molecule has 0 aliphatic rings. The number of nitrogens with zero attached hydrogens (tertiary/aromatic N) is 4. The molecule has 0 unspecified atom stereocenters. The third kappa shape index (κ3) is 3.56. The van der Waals surface area contributed by atoms with E-state index in [2.05, 4.69) is 10.1 Å². The molecule has 4 rings (SSSR count). The second-order valence-corrected chi connectivity index (χ2v) is 8.96. The van der Waals surface area contributed by atoms with Gasteiger partial charge in [0.1, 0.15) is 16.4 Å². The highest BCUT2D eigenvalue weighted by Gasteiger charge is 2.31. The van der Waals surface area contributed by atoms with E-state index in [1.54, 1.807) is 37.6 Å². The molecule has 28 heavy (non-hydrogen) atoms. The summed E-state index contributed by atoms with van der Waals surface area (Å²) >= 11 is 1.46. The lowest BCUT2D eigenvalue weighted by Gasteiger charge is -2.23. The van der Waals surface area contributed by atoms with E-state index in [-0.39, 0.29) is 11.4 Å². The molecule has 6 nitrogen and oxygen atoms in total. The predicted octanol–water partition coefficient (Wildman–Crippen LogP) is 3.94. The van der Waals surface area contributed by atoms with Crippen LogP contribution in [0.5, 0.6) is 0 Å². The van der Waals surface area contributed by atoms with Crippen LogP contribution in [-0.4, -0.2) is 23.2 Å². The molecule has 4 aromatic rings. The first kappa shape index (κ1) is 18.4. The fraction of sp³-hybridized carbons (Fsp3) is 0.100. The summed E-state index contributed by atoms with van der Waals surface area (Å²) in [6.45, 7) is 0.180. The zero-order valence-corrected chi connectivity index (χ0v) is 16.8. The first-order chi connectivity index (χ1) is 13.6. The van der Waals surface area contributed by atoms with E-state index in [1.807, 2.05) is 47.8 Å². The average Bonchev–Trinajstić information content (AvgIpc) is 3.37. The predicted molar refractivity (Wildman–Crippen MR) is 111 cm³/mol. The number of rotatable bonds is 6. The Kier molecular flexibility index (Phi) is 4.97. The lowest BCUT2D eigenvalue weighted by atomic mass is 10.2. The highest BCUT2D eigenvalue weighted by molar-refractivity contribution is 7.93. The minimum atomic E-state index is -3.89. The summed E-state index contributed by atoms with van der Waals surface area (Å²) in [7, 11) is -2.17. The van der Waals surface area contributed by atoms with E-state index in [0.29, 0.717) is 11.5 Å². The zero-order valence-electron chi connectivity index (χ0n) is 15.1. The molecule has 8 heteroatoms. The molecule has 0 aliphatic heterocycles. The van der Waals surface area contributed by atoms with Crippen LogP contribution in [-0.2, 0) is 23.6 Å². The molecular formula is C20H18N4O2S2. The van der Waals surface area contributed by atoms with Crippen molar-refractivity contribution in [1.29, 1.82) is 0 Å². The smallest absolute Gasteiger partial charge is 0.269 e. The van der Waals surface area contributed by atoms with E-state index >= 15 is 0 Å². The van der Waals surface area contributed by atoms with Crippen LogP contribution >= 0.6 is 11.3 Å². The van der Waals surface area contributed by atoms with Crippen LogP contribution in [0.1, 0.15) is 5.56 Å². The second-order valence-electron chi connectivity index (χ2n) is 6.18. The van der Waals surface area contributed by atoms with Crippen LogP contribution in [0.3, 0.4) is 0 Å². The first-order valence-corrected chi connectivity index (χ1v) is 10.9. The Labute approximate surface area is 167 Å². The van der Waals surface area contributed by atoms with Gasteiger partial charge in [0, 0.05) is 19.4 Å². The number of anilines is 1. The topological polar surface area (TPSA) is 68.1 Å². The molecule has 0 saturated carbocycles. The van der Waals surface area contributed by atoms with Gasteiger partial charge in [0.25, 0.3) is 10.0 Å². The van der Waals surface area contributed by atoms with Crippen molar-refractivity contribution in [3.8, 4) is 10.6 Å². The van der Waals surface area contributed by atoms with Gasteiger partial charge < -0.3 is 0 Å². The SMILES string of the molecule is Cn1cc(S(=O)(=O)N(Cc2ccccc2)c2ccccn2)c(-c2cccs2)n1. The highest BCUT2D eigenvalue weighted by Crippen LogP contribution is 2.33. The van der Waals surface area contributed by atoms with Gasteiger partial charge in [-0.2, -0.15) is 5.10 Å². The van der Waals surface area contributed by atoms with Crippen LogP contribution in [0.15, 0.2) is 83.3 Å². The fourth-order valence-electron chi connectivity index (χ4n) is 2.90. The van der Waals surface area contributed by atoms with Crippen LogP contribution in [0, 0.1) is 0 Å². The van der Waals surface area contributed by atoms with Crippen molar-refractivity contribution in [2.45, 2.75) is 11.4 Å². The van der Waals surface area contributed by atoms with Gasteiger partial charge >= 0.3 is 0 Å². The van der Waals surface area contributed by atoms with Crippen molar-refractivity contribution < 1.29 is 8.42 Å². The number of hydrogen-bond acceptors (Lipinski definition) is 5. The van der Waals surface area contributed by atoms with Crippen LogP contribution in [0.4, 0.5) is 5.82 Å². The Bertz CT molecular complexity index is 1160. The summed E-state index contributed by atoms with van der Waals surface area (Å²) in [6.07, 6.45) is 3.14. The molecular weight excluding hydrogens is 392 g/mol. The van der Waals surface area contributed by atoms with Gasteiger partial charge in [0.2, 0.25) is 0 Å². The summed E-state index contributed by atoms with van der Waals surface area (Å²) in [5.74, 6) is 0.368. The van der Waals surface area contributed by atoms with Gasteiger partial charge in [-0.3, -0.25) is 4.68 Å². The van der Waals surface area contributed by atoms with Crippen molar-refractivity contribution in [3.63, 3.8) is 0 Å². The molecule has 0 atom stereocenters. The molecule has 3 heterocycles. The van der Waals surface area contributed by atoms with E-state index in [0.717, 1.165) is 10.4 Å². The molecule has 0 amide bonds. The van der Waals surface area contributed by atoms with Crippen molar-refractivity contribution in [3.05, 3.63) is 84.0 Å². The zero-order chi connectivity index (χ0) is 19.6. The molecule has 1 aromatic carbocycles. The maximum atomic E-state index is 13.7. The number of benzene rings is 1. The lowest BCUT2D eigenvalue weighted by Crippen LogP contribution is -2.31. The Morgan fingerprint density at radius 2 is 1.82 bits per heavy atom. The summed E-state index contributed by atoms with van der Waals surface area (Å²) < 4.78 is 30.3. The second kappa shape index (κ2) is 7.57. The Morgan fingerprint density at radius 1 is 1.04 bits per heavy atom. The number of hydrogen-bond donors (Lipinski definition) is 0. The van der Waals surface area contributed by atoms with Crippen molar-refractivity contribution in [2.75, 3.05) is 4.31 Å².